The van der Waals surface area contributed by atoms with Crippen molar-refractivity contribution in [2.75, 3.05) is 6.54 Å². The van der Waals surface area contributed by atoms with Crippen LogP contribution in [0.1, 0.15) is 36.8 Å². The Labute approximate surface area is 116 Å². The number of hydrogen-bond acceptors (Lipinski definition) is 3. The number of nitrogens with zero attached hydrogens (tertiary/aromatic N) is 3. The molecule has 19 heavy (non-hydrogen) atoms. The Morgan fingerprint density at radius 3 is 3.11 bits per heavy atom. The predicted molar refractivity (Wildman–Crippen MR) is 73.4 cm³/mol. The van der Waals surface area contributed by atoms with E-state index in [9.17, 15) is 4.79 Å². The molecule has 1 aliphatic heterocycles. The third-order valence-corrected chi connectivity index (χ3v) is 3.57. The molecule has 0 saturated carbocycles. The van der Waals surface area contributed by atoms with Crippen LogP contribution in [0.5, 0.6) is 0 Å². The first-order valence-electron chi connectivity index (χ1n) is 6.38. The zero-order valence-electron chi connectivity index (χ0n) is 10.9. The van der Waals surface area contributed by atoms with Gasteiger partial charge >= 0.3 is 0 Å². The van der Waals surface area contributed by atoms with Crippen molar-refractivity contribution in [3.63, 3.8) is 0 Å². The molecule has 1 aliphatic rings. The van der Waals surface area contributed by atoms with E-state index in [1.165, 1.54) is 0 Å². The van der Waals surface area contributed by atoms with Crippen LogP contribution in [-0.2, 0) is 0 Å². The van der Waals surface area contributed by atoms with Crippen LogP contribution in [0.2, 0.25) is 5.28 Å². The monoisotopic (exact) mass is 278 g/mol. The van der Waals surface area contributed by atoms with Gasteiger partial charge in [0.2, 0.25) is 5.28 Å². The second kappa shape index (κ2) is 4.49. The number of rotatable bonds is 2. The fraction of sp³-hybridized carbons (Fsp3) is 0.462. The molecule has 0 saturated heterocycles. The van der Waals surface area contributed by atoms with Crippen LogP contribution in [0.4, 0.5) is 0 Å². The molecule has 0 radical (unpaired) electrons. The van der Waals surface area contributed by atoms with Gasteiger partial charge < -0.3 is 9.88 Å². The molecule has 0 unspecified atom stereocenters. The molecule has 5 nitrogen and oxygen atoms in total. The van der Waals surface area contributed by atoms with E-state index in [0.717, 1.165) is 17.5 Å². The van der Waals surface area contributed by atoms with E-state index >= 15 is 0 Å². The van der Waals surface area contributed by atoms with Crippen molar-refractivity contribution in [2.24, 2.45) is 5.92 Å². The van der Waals surface area contributed by atoms with Crippen molar-refractivity contribution in [3.8, 4) is 0 Å². The number of carbonyl (C=O) groups excluding carboxylic acids is 1. The molecule has 0 aliphatic carbocycles. The summed E-state index contributed by atoms with van der Waals surface area (Å²) in [6, 6.07) is 2.05. The van der Waals surface area contributed by atoms with Gasteiger partial charge in [0.25, 0.3) is 5.91 Å². The molecule has 100 valence electrons. The topological polar surface area (TPSA) is 59.8 Å². The molecule has 0 aromatic carbocycles. The highest BCUT2D eigenvalue weighted by Gasteiger charge is 2.28. The lowest BCUT2D eigenvalue weighted by Crippen LogP contribution is -2.39. The van der Waals surface area contributed by atoms with Gasteiger partial charge in [-0.15, -0.1) is 0 Å². The molecule has 0 bridgehead atoms. The lowest BCUT2D eigenvalue weighted by atomic mass is 10.0. The van der Waals surface area contributed by atoms with Gasteiger partial charge in [0.15, 0.2) is 0 Å². The summed E-state index contributed by atoms with van der Waals surface area (Å²) in [7, 11) is 0. The van der Waals surface area contributed by atoms with E-state index in [4.69, 9.17) is 11.6 Å². The Kier molecular flexibility index (Phi) is 2.93. The van der Waals surface area contributed by atoms with Crippen LogP contribution in [0, 0.1) is 5.92 Å². The second-order valence-corrected chi connectivity index (χ2v) is 5.65. The third-order valence-electron chi connectivity index (χ3n) is 3.39. The SMILES string of the molecule is CC(C)C[C@H]1CNC(=O)c2cc3cnc(Cl)nc3n21. The van der Waals surface area contributed by atoms with E-state index in [2.05, 4.69) is 29.1 Å². The van der Waals surface area contributed by atoms with Crippen molar-refractivity contribution in [1.82, 2.24) is 19.9 Å². The molecule has 2 aromatic heterocycles. The fourth-order valence-electron chi connectivity index (χ4n) is 2.66. The highest BCUT2D eigenvalue weighted by molar-refractivity contribution is 6.28. The first-order chi connectivity index (χ1) is 9.06. The molecule has 1 atom stereocenters. The molecular formula is C13H15ClN4O. The Morgan fingerprint density at radius 2 is 2.37 bits per heavy atom. The number of fused-ring (bicyclic) bond motifs is 3. The van der Waals surface area contributed by atoms with Crippen molar-refractivity contribution in [3.05, 3.63) is 23.2 Å². The predicted octanol–water partition coefficient (Wildman–Crippen LogP) is 2.42. The Morgan fingerprint density at radius 1 is 1.58 bits per heavy atom. The highest BCUT2D eigenvalue weighted by atomic mass is 35.5. The molecule has 1 N–H and O–H groups in total. The van der Waals surface area contributed by atoms with Gasteiger partial charge in [-0.2, -0.15) is 4.98 Å². The summed E-state index contributed by atoms with van der Waals surface area (Å²) in [5.74, 6) is 0.483. The van der Waals surface area contributed by atoms with E-state index in [0.29, 0.717) is 18.2 Å². The van der Waals surface area contributed by atoms with E-state index < -0.39 is 0 Å². The summed E-state index contributed by atoms with van der Waals surface area (Å²) in [5.41, 5.74) is 1.39. The molecule has 6 heteroatoms. The summed E-state index contributed by atoms with van der Waals surface area (Å²) in [6.45, 7) is 4.98. The third kappa shape index (κ3) is 2.08. The number of carbonyl (C=O) groups is 1. The molecular weight excluding hydrogens is 264 g/mol. The average Bonchev–Trinajstić information content (AvgIpc) is 2.72. The standard InChI is InChI=1S/C13H15ClN4O/c1-7(2)3-9-6-15-12(19)10-4-8-5-16-13(14)17-11(8)18(9)10/h4-5,7,9H,3,6H2,1-2H3,(H,15,19)/t9-/m0/s1. The maximum Gasteiger partial charge on any atom is 0.268 e. The van der Waals surface area contributed by atoms with E-state index in [1.54, 1.807) is 6.20 Å². The van der Waals surface area contributed by atoms with Gasteiger partial charge in [-0.05, 0) is 30.0 Å². The van der Waals surface area contributed by atoms with E-state index in [-0.39, 0.29) is 17.2 Å². The van der Waals surface area contributed by atoms with Crippen LogP contribution in [0.3, 0.4) is 0 Å². The van der Waals surface area contributed by atoms with Crippen molar-refractivity contribution in [1.29, 1.82) is 0 Å². The van der Waals surface area contributed by atoms with Crippen molar-refractivity contribution >= 4 is 28.5 Å². The molecule has 1 amide bonds. The molecule has 3 rings (SSSR count). The summed E-state index contributed by atoms with van der Waals surface area (Å²) >= 11 is 5.87. The number of halogens is 1. The van der Waals surface area contributed by atoms with Gasteiger partial charge in [-0.3, -0.25) is 4.79 Å². The minimum Gasteiger partial charge on any atom is -0.349 e. The van der Waals surface area contributed by atoms with Crippen LogP contribution in [0.15, 0.2) is 12.3 Å². The van der Waals surface area contributed by atoms with Crippen molar-refractivity contribution in [2.45, 2.75) is 26.3 Å². The quantitative estimate of drug-likeness (QED) is 0.858. The number of aromatic nitrogens is 3. The Hall–Kier alpha value is -1.62. The number of nitrogens with one attached hydrogen (secondary N) is 1. The van der Waals surface area contributed by atoms with Gasteiger partial charge in [-0.25, -0.2) is 4.98 Å². The lowest BCUT2D eigenvalue weighted by Gasteiger charge is -2.28. The van der Waals surface area contributed by atoms with Crippen molar-refractivity contribution < 1.29 is 4.79 Å². The Balaban J connectivity index is 2.20. The molecule has 0 spiro atoms. The largest absolute Gasteiger partial charge is 0.349 e. The molecule has 0 fully saturated rings. The van der Waals surface area contributed by atoms with E-state index in [1.807, 2.05) is 10.6 Å². The first-order valence-corrected chi connectivity index (χ1v) is 6.75. The maximum absolute atomic E-state index is 12.0. The van der Waals surface area contributed by atoms with Gasteiger partial charge in [0, 0.05) is 18.1 Å². The zero-order chi connectivity index (χ0) is 13.6. The lowest BCUT2D eigenvalue weighted by molar-refractivity contribution is 0.0912. The maximum atomic E-state index is 12.0. The first kappa shape index (κ1) is 12.4. The van der Waals surface area contributed by atoms with Crippen LogP contribution >= 0.6 is 11.6 Å². The van der Waals surface area contributed by atoms with Gasteiger partial charge in [0.05, 0.1) is 6.04 Å². The highest BCUT2D eigenvalue weighted by Crippen LogP contribution is 2.29. The normalized spacial score (nSPS) is 18.7. The van der Waals surface area contributed by atoms with Crippen LogP contribution < -0.4 is 5.32 Å². The van der Waals surface area contributed by atoms with Crippen LogP contribution in [-0.4, -0.2) is 27.0 Å². The number of hydrogen-bond donors (Lipinski definition) is 1. The van der Waals surface area contributed by atoms with Crippen LogP contribution in [0.25, 0.3) is 11.0 Å². The minimum absolute atomic E-state index is 0.0610. The van der Waals surface area contributed by atoms with Gasteiger partial charge in [0.1, 0.15) is 11.3 Å². The second-order valence-electron chi connectivity index (χ2n) is 5.31. The number of amides is 1. The fourth-order valence-corrected chi connectivity index (χ4v) is 2.79. The summed E-state index contributed by atoms with van der Waals surface area (Å²) in [4.78, 5) is 20.2. The summed E-state index contributed by atoms with van der Waals surface area (Å²) in [5, 5.41) is 3.99. The average molecular weight is 279 g/mol. The zero-order valence-corrected chi connectivity index (χ0v) is 11.6. The smallest absolute Gasteiger partial charge is 0.268 e. The summed E-state index contributed by atoms with van der Waals surface area (Å²) in [6.07, 6.45) is 2.65. The Bertz CT molecular complexity index is 649. The molecule has 3 heterocycles. The molecule has 2 aromatic rings. The summed E-state index contributed by atoms with van der Waals surface area (Å²) < 4.78 is 2.00. The minimum atomic E-state index is -0.0610. The van der Waals surface area contributed by atoms with Gasteiger partial charge in [-0.1, -0.05) is 13.8 Å².